The fraction of sp³-hybridized carbons (Fsp3) is 0.391. The van der Waals surface area contributed by atoms with Crippen molar-refractivity contribution >= 4 is 22.5 Å². The van der Waals surface area contributed by atoms with Crippen LogP contribution < -0.4 is 10.1 Å². The van der Waals surface area contributed by atoms with E-state index in [1.54, 1.807) is 18.3 Å². The molecule has 2 aromatic heterocycles. The molecule has 6 heteroatoms. The molecule has 1 N–H and O–H groups in total. The summed E-state index contributed by atoms with van der Waals surface area (Å²) in [7, 11) is 1.94. The van der Waals surface area contributed by atoms with Gasteiger partial charge in [-0.1, -0.05) is 6.92 Å². The number of carbonyl (C=O) groups is 1. The van der Waals surface area contributed by atoms with Gasteiger partial charge in [0.05, 0.1) is 17.3 Å². The fourth-order valence-electron chi connectivity index (χ4n) is 5.06. The lowest BCUT2D eigenvalue weighted by molar-refractivity contribution is -0.120. The van der Waals surface area contributed by atoms with Gasteiger partial charge < -0.3 is 14.6 Å². The first-order chi connectivity index (χ1) is 14.0. The summed E-state index contributed by atoms with van der Waals surface area (Å²) in [5.74, 6) is 1.95. The van der Waals surface area contributed by atoms with E-state index >= 15 is 0 Å². The van der Waals surface area contributed by atoms with Crippen LogP contribution in [0.3, 0.4) is 0 Å². The standard InChI is InChI=1S/C23H24FN3O2/c1-13(23(28)26-15-6-8-27(2)12-15)22-17-10-16(11-18(17)22)29-21-5-7-25-20-4-3-14(24)9-19(20)21/h3-9,12-13,16-18,22H,10-11H2,1-2H3,(H,26,28)/t13?,16?,17-,18+,22?. The molecule has 5 atom stereocenters. The van der Waals surface area contributed by atoms with Crippen LogP contribution in [-0.4, -0.2) is 21.6 Å². The molecule has 2 saturated carbocycles. The lowest BCUT2D eigenvalue weighted by atomic mass is 9.97. The average molecular weight is 393 g/mol. The number of benzene rings is 1. The molecular weight excluding hydrogens is 369 g/mol. The van der Waals surface area contributed by atoms with Crippen molar-refractivity contribution in [1.29, 1.82) is 0 Å². The molecule has 2 fully saturated rings. The number of rotatable bonds is 5. The summed E-state index contributed by atoms with van der Waals surface area (Å²) in [5, 5.41) is 3.72. The number of halogens is 1. The molecule has 0 saturated heterocycles. The van der Waals surface area contributed by atoms with Crippen LogP contribution in [0.25, 0.3) is 10.9 Å². The molecule has 0 spiro atoms. The van der Waals surface area contributed by atoms with E-state index in [1.807, 2.05) is 37.0 Å². The first-order valence-electron chi connectivity index (χ1n) is 10.1. The molecule has 150 valence electrons. The number of aryl methyl sites for hydroxylation is 1. The Bertz CT molecular complexity index is 1070. The summed E-state index contributed by atoms with van der Waals surface area (Å²) in [6.07, 6.45) is 7.52. The summed E-state index contributed by atoms with van der Waals surface area (Å²) in [4.78, 5) is 16.9. The van der Waals surface area contributed by atoms with Gasteiger partial charge in [0.1, 0.15) is 11.6 Å². The summed E-state index contributed by atoms with van der Waals surface area (Å²) < 4.78 is 21.8. The third kappa shape index (κ3) is 3.37. The summed E-state index contributed by atoms with van der Waals surface area (Å²) >= 11 is 0. The van der Waals surface area contributed by atoms with E-state index in [1.165, 1.54) is 12.1 Å². The summed E-state index contributed by atoms with van der Waals surface area (Å²) in [6, 6.07) is 8.28. The van der Waals surface area contributed by atoms with E-state index < -0.39 is 0 Å². The van der Waals surface area contributed by atoms with Gasteiger partial charge >= 0.3 is 0 Å². The largest absolute Gasteiger partial charge is 0.490 e. The molecule has 0 radical (unpaired) electrons. The molecule has 5 rings (SSSR count). The Hall–Kier alpha value is -2.89. The number of carbonyl (C=O) groups excluding carboxylic acids is 1. The number of pyridine rings is 1. The van der Waals surface area contributed by atoms with Crippen LogP contribution in [0.2, 0.25) is 0 Å². The van der Waals surface area contributed by atoms with Gasteiger partial charge in [0, 0.05) is 36.9 Å². The van der Waals surface area contributed by atoms with Gasteiger partial charge in [0.15, 0.2) is 0 Å². The smallest absolute Gasteiger partial charge is 0.227 e. The predicted octanol–water partition coefficient (Wildman–Crippen LogP) is 4.39. The molecule has 1 amide bonds. The summed E-state index contributed by atoms with van der Waals surface area (Å²) in [5.41, 5.74) is 1.57. The highest BCUT2D eigenvalue weighted by Gasteiger charge is 2.59. The molecule has 5 nitrogen and oxygen atoms in total. The van der Waals surface area contributed by atoms with Gasteiger partial charge in [0.2, 0.25) is 5.91 Å². The number of aromatic nitrogens is 2. The third-order valence-electron chi connectivity index (χ3n) is 6.52. The predicted molar refractivity (Wildman–Crippen MR) is 109 cm³/mol. The Morgan fingerprint density at radius 2 is 2.07 bits per heavy atom. The van der Waals surface area contributed by atoms with E-state index in [9.17, 15) is 9.18 Å². The zero-order valence-corrected chi connectivity index (χ0v) is 16.5. The number of fused-ring (bicyclic) bond motifs is 2. The van der Waals surface area contributed by atoms with Crippen LogP contribution in [0.5, 0.6) is 5.75 Å². The zero-order chi connectivity index (χ0) is 20.1. The van der Waals surface area contributed by atoms with Gasteiger partial charge in [-0.25, -0.2) is 4.39 Å². The van der Waals surface area contributed by atoms with Gasteiger partial charge in [-0.05, 0) is 60.9 Å². The normalized spacial score (nSPS) is 26.2. The Balaban J connectivity index is 1.20. The Kier molecular flexibility index (Phi) is 4.30. The maximum Gasteiger partial charge on any atom is 0.227 e. The number of hydrogen-bond donors (Lipinski definition) is 1. The number of anilines is 1. The molecule has 1 aromatic carbocycles. The number of nitrogens with one attached hydrogen (secondary N) is 1. The second-order valence-corrected chi connectivity index (χ2v) is 8.43. The molecule has 2 aliphatic carbocycles. The molecule has 0 aliphatic heterocycles. The van der Waals surface area contributed by atoms with E-state index in [-0.39, 0.29) is 23.7 Å². The lowest BCUT2D eigenvalue weighted by Crippen LogP contribution is -2.25. The number of hydrogen-bond acceptors (Lipinski definition) is 3. The number of ether oxygens (including phenoxy) is 1. The van der Waals surface area contributed by atoms with Crippen molar-refractivity contribution in [3.8, 4) is 5.75 Å². The van der Waals surface area contributed by atoms with E-state index in [0.717, 1.165) is 24.0 Å². The van der Waals surface area contributed by atoms with Crippen LogP contribution >= 0.6 is 0 Å². The van der Waals surface area contributed by atoms with Crippen LogP contribution in [0.1, 0.15) is 19.8 Å². The maximum absolute atomic E-state index is 13.7. The van der Waals surface area contributed by atoms with Crippen molar-refractivity contribution in [1.82, 2.24) is 9.55 Å². The Morgan fingerprint density at radius 1 is 1.28 bits per heavy atom. The highest BCUT2D eigenvalue weighted by Crippen LogP contribution is 2.61. The number of nitrogens with zero attached hydrogens (tertiary/aromatic N) is 2. The van der Waals surface area contributed by atoms with Crippen LogP contribution in [0.4, 0.5) is 10.1 Å². The minimum Gasteiger partial charge on any atom is -0.490 e. The quantitative estimate of drug-likeness (QED) is 0.699. The minimum atomic E-state index is -0.289. The first-order valence-corrected chi connectivity index (χ1v) is 10.1. The molecule has 3 aromatic rings. The Morgan fingerprint density at radius 3 is 2.79 bits per heavy atom. The first kappa shape index (κ1) is 18.2. The van der Waals surface area contributed by atoms with Crippen molar-refractivity contribution in [3.05, 3.63) is 54.7 Å². The van der Waals surface area contributed by atoms with Crippen LogP contribution in [0, 0.1) is 29.5 Å². The fourth-order valence-corrected chi connectivity index (χ4v) is 5.06. The van der Waals surface area contributed by atoms with Gasteiger partial charge in [-0.3, -0.25) is 9.78 Å². The number of amides is 1. The minimum absolute atomic E-state index is 0.0120. The zero-order valence-electron chi connectivity index (χ0n) is 16.5. The van der Waals surface area contributed by atoms with E-state index in [4.69, 9.17) is 4.74 Å². The third-order valence-corrected chi connectivity index (χ3v) is 6.52. The SMILES string of the molecule is CC(C(=O)Nc1ccn(C)c1)C1[C@H]2CC(Oc3ccnc4ccc(F)cc34)C[C@@H]12. The maximum atomic E-state index is 13.7. The van der Waals surface area contributed by atoms with E-state index in [0.29, 0.717) is 28.9 Å². The second kappa shape index (κ2) is 6.87. The van der Waals surface area contributed by atoms with Gasteiger partial charge in [0.25, 0.3) is 0 Å². The topological polar surface area (TPSA) is 56.2 Å². The highest BCUT2D eigenvalue weighted by molar-refractivity contribution is 5.92. The molecule has 3 unspecified atom stereocenters. The molecule has 2 heterocycles. The lowest BCUT2D eigenvalue weighted by Gasteiger charge is -2.20. The molecule has 0 bridgehead atoms. The van der Waals surface area contributed by atoms with Crippen LogP contribution in [-0.2, 0) is 11.8 Å². The monoisotopic (exact) mass is 393 g/mol. The van der Waals surface area contributed by atoms with Crippen molar-refractivity contribution < 1.29 is 13.9 Å². The second-order valence-electron chi connectivity index (χ2n) is 8.43. The van der Waals surface area contributed by atoms with Crippen LogP contribution in [0.15, 0.2) is 48.9 Å². The van der Waals surface area contributed by atoms with Crippen molar-refractivity contribution in [2.75, 3.05) is 5.32 Å². The highest BCUT2D eigenvalue weighted by atomic mass is 19.1. The molecular formula is C23H24FN3O2. The van der Waals surface area contributed by atoms with Crippen molar-refractivity contribution in [3.63, 3.8) is 0 Å². The molecule has 2 aliphatic rings. The summed E-state index contributed by atoms with van der Waals surface area (Å²) in [6.45, 7) is 2.02. The van der Waals surface area contributed by atoms with E-state index in [2.05, 4.69) is 10.3 Å². The Labute approximate surface area is 168 Å². The van der Waals surface area contributed by atoms with Gasteiger partial charge in [-0.15, -0.1) is 0 Å². The average Bonchev–Trinajstić information content (AvgIpc) is 3.00. The van der Waals surface area contributed by atoms with Crippen molar-refractivity contribution in [2.24, 2.45) is 30.7 Å². The van der Waals surface area contributed by atoms with Crippen molar-refractivity contribution in [2.45, 2.75) is 25.9 Å². The molecule has 29 heavy (non-hydrogen) atoms. The van der Waals surface area contributed by atoms with Gasteiger partial charge in [-0.2, -0.15) is 0 Å².